The van der Waals surface area contributed by atoms with Gasteiger partial charge in [0.25, 0.3) is 5.91 Å². The van der Waals surface area contributed by atoms with Crippen LogP contribution in [0.1, 0.15) is 10.5 Å². The standard InChI is InChI=1S/C8H9N3O4/c12-4-6(8(14)15)11-7(13)5-3-9-1-2-10-5/h1-3,6,12H,4H2,(H,11,13)(H,14,15)/t6-/m1/s1. The Kier molecular flexibility index (Phi) is 3.69. The van der Waals surface area contributed by atoms with Gasteiger partial charge >= 0.3 is 5.97 Å². The number of hydrogen-bond donors (Lipinski definition) is 3. The minimum Gasteiger partial charge on any atom is -0.480 e. The molecular weight excluding hydrogens is 202 g/mol. The summed E-state index contributed by atoms with van der Waals surface area (Å²) < 4.78 is 0. The summed E-state index contributed by atoms with van der Waals surface area (Å²) >= 11 is 0. The predicted octanol–water partition coefficient (Wildman–Crippen LogP) is -1.35. The van der Waals surface area contributed by atoms with Gasteiger partial charge in [0, 0.05) is 12.4 Å². The zero-order valence-corrected chi connectivity index (χ0v) is 7.62. The van der Waals surface area contributed by atoms with E-state index >= 15 is 0 Å². The molecule has 0 aliphatic rings. The number of amides is 1. The summed E-state index contributed by atoms with van der Waals surface area (Å²) in [5, 5.41) is 19.3. The molecule has 80 valence electrons. The summed E-state index contributed by atoms with van der Waals surface area (Å²) in [5.41, 5.74) is -0.00259. The average Bonchev–Trinajstić information content (AvgIpc) is 2.26. The molecule has 7 nitrogen and oxygen atoms in total. The number of aliphatic carboxylic acids is 1. The largest absolute Gasteiger partial charge is 0.480 e. The number of aliphatic hydroxyl groups is 1. The van der Waals surface area contributed by atoms with Crippen molar-refractivity contribution in [2.24, 2.45) is 0 Å². The molecular formula is C8H9N3O4. The zero-order valence-electron chi connectivity index (χ0n) is 7.62. The van der Waals surface area contributed by atoms with E-state index in [1.807, 2.05) is 0 Å². The molecule has 1 aromatic rings. The fourth-order valence-corrected chi connectivity index (χ4v) is 0.834. The number of aliphatic hydroxyl groups excluding tert-OH is 1. The number of carboxylic acids is 1. The van der Waals surface area contributed by atoms with Crippen molar-refractivity contribution in [3.63, 3.8) is 0 Å². The second kappa shape index (κ2) is 5.01. The second-order valence-corrected chi connectivity index (χ2v) is 2.64. The van der Waals surface area contributed by atoms with Gasteiger partial charge in [-0.05, 0) is 0 Å². The lowest BCUT2D eigenvalue weighted by molar-refractivity contribution is -0.140. The number of aromatic nitrogens is 2. The lowest BCUT2D eigenvalue weighted by Gasteiger charge is -2.10. The fraction of sp³-hybridized carbons (Fsp3) is 0.250. The van der Waals surface area contributed by atoms with Gasteiger partial charge in [-0.1, -0.05) is 0 Å². The van der Waals surface area contributed by atoms with E-state index < -0.39 is 24.5 Å². The van der Waals surface area contributed by atoms with E-state index in [0.717, 1.165) is 0 Å². The van der Waals surface area contributed by atoms with Crippen molar-refractivity contribution >= 4 is 11.9 Å². The molecule has 0 bridgehead atoms. The normalized spacial score (nSPS) is 11.8. The van der Waals surface area contributed by atoms with Crippen LogP contribution in [0.4, 0.5) is 0 Å². The van der Waals surface area contributed by atoms with Crippen LogP contribution in [-0.2, 0) is 4.79 Å². The number of nitrogens with zero attached hydrogens (tertiary/aromatic N) is 2. The smallest absolute Gasteiger partial charge is 0.328 e. The van der Waals surface area contributed by atoms with Crippen molar-refractivity contribution < 1.29 is 19.8 Å². The van der Waals surface area contributed by atoms with Gasteiger partial charge in [-0.2, -0.15) is 0 Å². The summed E-state index contributed by atoms with van der Waals surface area (Å²) in [4.78, 5) is 29.1. The minimum absolute atomic E-state index is 0.00259. The second-order valence-electron chi connectivity index (χ2n) is 2.64. The number of carboxylic acid groups (broad SMARTS) is 1. The van der Waals surface area contributed by atoms with E-state index in [0.29, 0.717) is 0 Å². The first kappa shape index (κ1) is 11.1. The van der Waals surface area contributed by atoms with E-state index in [1.165, 1.54) is 18.6 Å². The third-order valence-corrected chi connectivity index (χ3v) is 1.58. The van der Waals surface area contributed by atoms with E-state index in [1.54, 1.807) is 0 Å². The van der Waals surface area contributed by atoms with Crippen LogP contribution in [0, 0.1) is 0 Å². The Morgan fingerprint density at radius 2 is 2.20 bits per heavy atom. The molecule has 0 fully saturated rings. The first-order valence-electron chi connectivity index (χ1n) is 4.05. The van der Waals surface area contributed by atoms with Gasteiger partial charge in [0.2, 0.25) is 0 Å². The summed E-state index contributed by atoms with van der Waals surface area (Å²) in [6.45, 7) is -0.679. The van der Waals surface area contributed by atoms with Gasteiger partial charge in [-0.3, -0.25) is 9.78 Å². The van der Waals surface area contributed by atoms with E-state index in [4.69, 9.17) is 10.2 Å². The van der Waals surface area contributed by atoms with Gasteiger partial charge in [0.05, 0.1) is 12.8 Å². The highest BCUT2D eigenvalue weighted by Crippen LogP contribution is 1.92. The average molecular weight is 211 g/mol. The molecule has 0 aliphatic carbocycles. The van der Waals surface area contributed by atoms with Gasteiger partial charge in [0.15, 0.2) is 6.04 Å². The van der Waals surface area contributed by atoms with Crippen LogP contribution in [0.25, 0.3) is 0 Å². The summed E-state index contributed by atoms with van der Waals surface area (Å²) in [5.74, 6) is -2.00. The minimum atomic E-state index is -1.33. The first-order valence-corrected chi connectivity index (χ1v) is 4.05. The van der Waals surface area contributed by atoms with Crippen molar-refractivity contribution in [1.29, 1.82) is 0 Å². The Morgan fingerprint density at radius 1 is 1.47 bits per heavy atom. The van der Waals surface area contributed by atoms with Crippen LogP contribution in [0.5, 0.6) is 0 Å². The van der Waals surface area contributed by atoms with Crippen molar-refractivity contribution in [3.05, 3.63) is 24.3 Å². The lowest BCUT2D eigenvalue weighted by Crippen LogP contribution is -2.43. The van der Waals surface area contributed by atoms with Crippen LogP contribution in [0.15, 0.2) is 18.6 Å². The van der Waals surface area contributed by atoms with Gasteiger partial charge in [-0.25, -0.2) is 9.78 Å². The molecule has 1 rings (SSSR count). The SMILES string of the molecule is O=C(N[C@H](CO)C(=O)O)c1cnccn1. The third-order valence-electron chi connectivity index (χ3n) is 1.58. The molecule has 0 saturated carbocycles. The number of hydrogen-bond acceptors (Lipinski definition) is 5. The molecule has 1 aromatic heterocycles. The van der Waals surface area contributed by atoms with Gasteiger partial charge in [0.1, 0.15) is 5.69 Å². The third kappa shape index (κ3) is 2.99. The Hall–Kier alpha value is -2.02. The summed E-state index contributed by atoms with van der Waals surface area (Å²) in [7, 11) is 0. The van der Waals surface area contributed by atoms with Crippen LogP contribution in [0.2, 0.25) is 0 Å². The molecule has 3 N–H and O–H groups in total. The number of carbonyl (C=O) groups excluding carboxylic acids is 1. The monoisotopic (exact) mass is 211 g/mol. The topological polar surface area (TPSA) is 112 Å². The molecule has 0 aromatic carbocycles. The van der Waals surface area contributed by atoms with Crippen LogP contribution < -0.4 is 5.32 Å². The van der Waals surface area contributed by atoms with Crippen molar-refractivity contribution in [1.82, 2.24) is 15.3 Å². The maximum atomic E-state index is 11.3. The molecule has 1 amide bonds. The molecule has 0 saturated heterocycles. The Bertz CT molecular complexity index is 354. The molecule has 15 heavy (non-hydrogen) atoms. The van der Waals surface area contributed by atoms with E-state index in [-0.39, 0.29) is 5.69 Å². The molecule has 0 radical (unpaired) electrons. The highest BCUT2D eigenvalue weighted by molar-refractivity contribution is 5.94. The van der Waals surface area contributed by atoms with E-state index in [9.17, 15) is 9.59 Å². The Balaban J connectivity index is 2.67. The zero-order chi connectivity index (χ0) is 11.3. The molecule has 0 spiro atoms. The van der Waals surface area contributed by atoms with Crippen molar-refractivity contribution in [2.75, 3.05) is 6.61 Å². The fourth-order valence-electron chi connectivity index (χ4n) is 0.834. The highest BCUT2D eigenvalue weighted by atomic mass is 16.4. The number of carbonyl (C=O) groups is 2. The van der Waals surface area contributed by atoms with E-state index in [2.05, 4.69) is 15.3 Å². The quantitative estimate of drug-likeness (QED) is 0.567. The Morgan fingerprint density at radius 3 is 2.67 bits per heavy atom. The van der Waals surface area contributed by atoms with Gasteiger partial charge < -0.3 is 15.5 Å². The number of rotatable bonds is 4. The lowest BCUT2D eigenvalue weighted by atomic mass is 10.3. The first-order chi connectivity index (χ1) is 7.15. The summed E-state index contributed by atoms with van der Waals surface area (Å²) in [6, 6.07) is -1.33. The predicted molar refractivity (Wildman–Crippen MR) is 48.0 cm³/mol. The van der Waals surface area contributed by atoms with Crippen molar-refractivity contribution in [2.45, 2.75) is 6.04 Å². The Labute approximate surface area is 84.8 Å². The van der Waals surface area contributed by atoms with Crippen LogP contribution in [0.3, 0.4) is 0 Å². The molecule has 1 heterocycles. The maximum Gasteiger partial charge on any atom is 0.328 e. The molecule has 7 heteroatoms. The molecule has 0 unspecified atom stereocenters. The summed E-state index contributed by atoms with van der Waals surface area (Å²) in [6.07, 6.45) is 3.90. The van der Waals surface area contributed by atoms with Crippen molar-refractivity contribution in [3.8, 4) is 0 Å². The van der Waals surface area contributed by atoms with Gasteiger partial charge in [-0.15, -0.1) is 0 Å². The maximum absolute atomic E-state index is 11.3. The van der Waals surface area contributed by atoms with Crippen LogP contribution >= 0.6 is 0 Å². The number of nitrogens with one attached hydrogen (secondary N) is 1. The molecule has 1 atom stereocenters. The highest BCUT2D eigenvalue weighted by Gasteiger charge is 2.19. The molecule has 0 aliphatic heterocycles. The van der Waals surface area contributed by atoms with Crippen LogP contribution in [-0.4, -0.2) is 44.7 Å².